The highest BCUT2D eigenvalue weighted by molar-refractivity contribution is 4.77. The lowest BCUT2D eigenvalue weighted by Gasteiger charge is -2.19. The molecule has 3 nitrogen and oxygen atoms in total. The fourth-order valence-electron chi connectivity index (χ4n) is 1.08. The van der Waals surface area contributed by atoms with Gasteiger partial charge >= 0.3 is 0 Å². The fraction of sp³-hybridized carbons (Fsp3) is 0.833. The zero-order valence-corrected chi connectivity index (χ0v) is 5.67. The van der Waals surface area contributed by atoms with Crippen molar-refractivity contribution in [2.45, 2.75) is 6.42 Å². The first-order chi connectivity index (χ1) is 4.34. The molecule has 1 aliphatic rings. The molecule has 0 aromatic rings. The molecule has 0 bridgehead atoms. The third kappa shape index (κ3) is 1.41. The molecule has 0 aliphatic carbocycles. The molecule has 9 heavy (non-hydrogen) atoms. The van der Waals surface area contributed by atoms with Gasteiger partial charge in [-0.3, -0.25) is 0 Å². The molecule has 50 valence electrons. The van der Waals surface area contributed by atoms with Crippen LogP contribution in [-0.2, 0) is 0 Å². The highest BCUT2D eigenvalue weighted by atomic mass is 15.6. The summed E-state index contributed by atoms with van der Waals surface area (Å²) in [5.74, 6) is 0. The van der Waals surface area contributed by atoms with E-state index in [-0.39, 0.29) is 0 Å². The van der Waals surface area contributed by atoms with E-state index in [9.17, 15) is 0 Å². The van der Waals surface area contributed by atoms with Gasteiger partial charge in [0.1, 0.15) is 6.54 Å². The van der Waals surface area contributed by atoms with E-state index in [4.69, 9.17) is 5.26 Å². The Labute approximate surface area is 55.4 Å². The Kier molecular flexibility index (Phi) is 2.04. The summed E-state index contributed by atoms with van der Waals surface area (Å²) in [7, 11) is 2.02. The molecule has 0 radical (unpaired) electrons. The van der Waals surface area contributed by atoms with Crippen molar-refractivity contribution in [2.75, 3.05) is 26.7 Å². The van der Waals surface area contributed by atoms with Gasteiger partial charge in [-0.1, -0.05) is 0 Å². The zero-order valence-electron chi connectivity index (χ0n) is 5.67. The Morgan fingerprint density at radius 1 is 1.56 bits per heavy atom. The van der Waals surface area contributed by atoms with E-state index < -0.39 is 0 Å². The van der Waals surface area contributed by atoms with Crippen LogP contribution in [0.4, 0.5) is 0 Å². The lowest BCUT2D eigenvalue weighted by Crippen LogP contribution is -2.33. The van der Waals surface area contributed by atoms with Crippen LogP contribution in [0.25, 0.3) is 0 Å². The summed E-state index contributed by atoms with van der Waals surface area (Å²) < 4.78 is 0. The molecule has 0 unspecified atom stereocenters. The lowest BCUT2D eigenvalue weighted by molar-refractivity contribution is 0.0724. The largest absolute Gasteiger partial charge is 0.244 e. The number of nitrogens with zero attached hydrogens (tertiary/aromatic N) is 3. The van der Waals surface area contributed by atoms with E-state index in [1.807, 2.05) is 7.05 Å². The van der Waals surface area contributed by atoms with Crippen LogP contribution in [0.3, 0.4) is 0 Å². The summed E-state index contributed by atoms with van der Waals surface area (Å²) in [5, 5.41) is 12.5. The van der Waals surface area contributed by atoms with Crippen molar-refractivity contribution in [3.05, 3.63) is 0 Å². The standard InChI is InChI=1S/C6H11N3/c1-8-4-2-5-9(8)6-3-7/h2,4-6H2,1H3. The Morgan fingerprint density at radius 2 is 2.33 bits per heavy atom. The Morgan fingerprint density at radius 3 is 2.78 bits per heavy atom. The van der Waals surface area contributed by atoms with Crippen LogP contribution in [0.5, 0.6) is 0 Å². The molecule has 0 N–H and O–H groups in total. The van der Waals surface area contributed by atoms with Gasteiger partial charge in [0, 0.05) is 20.1 Å². The van der Waals surface area contributed by atoms with Crippen LogP contribution in [0.15, 0.2) is 0 Å². The Balaban J connectivity index is 2.33. The minimum Gasteiger partial charge on any atom is -0.244 e. The van der Waals surface area contributed by atoms with Gasteiger partial charge in [-0.05, 0) is 6.42 Å². The van der Waals surface area contributed by atoms with Gasteiger partial charge in [0.25, 0.3) is 0 Å². The first-order valence-electron chi connectivity index (χ1n) is 3.17. The molecule has 0 saturated carbocycles. The average Bonchev–Trinajstić information content (AvgIpc) is 2.18. The first kappa shape index (κ1) is 6.53. The predicted octanol–water partition coefficient (Wildman–Crippen LogP) is 0.0625. The van der Waals surface area contributed by atoms with E-state index in [0.717, 1.165) is 13.1 Å². The zero-order chi connectivity index (χ0) is 6.69. The molecule has 1 rings (SSSR count). The van der Waals surface area contributed by atoms with Crippen LogP contribution in [-0.4, -0.2) is 36.7 Å². The maximum absolute atomic E-state index is 8.33. The summed E-state index contributed by atoms with van der Waals surface area (Å²) in [6.45, 7) is 2.68. The van der Waals surface area contributed by atoms with Gasteiger partial charge in [0.15, 0.2) is 0 Å². The fourth-order valence-corrected chi connectivity index (χ4v) is 1.08. The van der Waals surface area contributed by atoms with Crippen LogP contribution in [0.2, 0.25) is 0 Å². The van der Waals surface area contributed by atoms with Gasteiger partial charge in [0.2, 0.25) is 0 Å². The molecule has 3 heteroatoms. The van der Waals surface area contributed by atoms with Gasteiger partial charge in [-0.25, -0.2) is 10.0 Å². The van der Waals surface area contributed by atoms with Gasteiger partial charge < -0.3 is 0 Å². The number of rotatable bonds is 1. The summed E-state index contributed by atoms with van der Waals surface area (Å²) in [5.41, 5.74) is 0. The lowest BCUT2D eigenvalue weighted by atomic mass is 10.5. The van der Waals surface area contributed by atoms with Crippen LogP contribution >= 0.6 is 0 Å². The van der Waals surface area contributed by atoms with Crippen molar-refractivity contribution < 1.29 is 0 Å². The van der Waals surface area contributed by atoms with E-state index in [1.54, 1.807) is 0 Å². The predicted molar refractivity (Wildman–Crippen MR) is 34.4 cm³/mol. The van der Waals surface area contributed by atoms with E-state index in [2.05, 4.69) is 16.1 Å². The first-order valence-corrected chi connectivity index (χ1v) is 3.17. The van der Waals surface area contributed by atoms with Crippen LogP contribution in [0, 0.1) is 11.3 Å². The number of nitriles is 1. The SMILES string of the molecule is CN1CCCN1CC#N. The molecular weight excluding hydrogens is 114 g/mol. The molecule has 0 aromatic heterocycles. The summed E-state index contributed by atoms with van der Waals surface area (Å²) in [4.78, 5) is 0. The second-order valence-electron chi connectivity index (χ2n) is 2.28. The van der Waals surface area contributed by atoms with E-state index >= 15 is 0 Å². The molecule has 1 aliphatic heterocycles. The molecule has 1 heterocycles. The van der Waals surface area contributed by atoms with Crippen molar-refractivity contribution in [1.29, 1.82) is 5.26 Å². The Hall–Kier alpha value is -0.590. The summed E-state index contributed by atoms with van der Waals surface area (Å²) >= 11 is 0. The average molecular weight is 125 g/mol. The van der Waals surface area contributed by atoms with Crippen LogP contribution in [0.1, 0.15) is 6.42 Å². The molecular formula is C6H11N3. The molecule has 0 amide bonds. The van der Waals surface area contributed by atoms with Gasteiger partial charge in [0.05, 0.1) is 6.07 Å². The number of hydrazine groups is 1. The summed E-state index contributed by atoms with van der Waals surface area (Å²) in [6, 6.07) is 2.12. The van der Waals surface area contributed by atoms with Crippen LogP contribution < -0.4 is 0 Å². The van der Waals surface area contributed by atoms with Crippen molar-refractivity contribution >= 4 is 0 Å². The maximum atomic E-state index is 8.33. The number of hydrogen-bond donors (Lipinski definition) is 0. The normalized spacial score (nSPS) is 22.2. The molecule has 1 fully saturated rings. The number of hydrogen-bond acceptors (Lipinski definition) is 3. The van der Waals surface area contributed by atoms with Gasteiger partial charge in [-0.2, -0.15) is 5.26 Å². The molecule has 1 saturated heterocycles. The van der Waals surface area contributed by atoms with E-state index in [1.165, 1.54) is 6.42 Å². The van der Waals surface area contributed by atoms with Gasteiger partial charge in [-0.15, -0.1) is 0 Å². The monoisotopic (exact) mass is 125 g/mol. The molecule has 0 aromatic carbocycles. The van der Waals surface area contributed by atoms with Crippen molar-refractivity contribution in [1.82, 2.24) is 10.0 Å². The second kappa shape index (κ2) is 2.81. The highest BCUT2D eigenvalue weighted by Crippen LogP contribution is 2.04. The quantitative estimate of drug-likeness (QED) is 0.464. The summed E-state index contributed by atoms with van der Waals surface area (Å²) in [6.07, 6.45) is 1.19. The second-order valence-corrected chi connectivity index (χ2v) is 2.28. The van der Waals surface area contributed by atoms with Crippen molar-refractivity contribution in [3.63, 3.8) is 0 Å². The topological polar surface area (TPSA) is 30.3 Å². The molecule has 0 atom stereocenters. The maximum Gasteiger partial charge on any atom is 0.100 e. The van der Waals surface area contributed by atoms with Crippen molar-refractivity contribution in [2.24, 2.45) is 0 Å². The van der Waals surface area contributed by atoms with Crippen molar-refractivity contribution in [3.8, 4) is 6.07 Å². The van der Waals surface area contributed by atoms with E-state index in [0.29, 0.717) is 6.54 Å². The third-order valence-electron chi connectivity index (χ3n) is 1.63. The smallest absolute Gasteiger partial charge is 0.100 e. The third-order valence-corrected chi connectivity index (χ3v) is 1.63. The minimum absolute atomic E-state index is 0.538. The highest BCUT2D eigenvalue weighted by Gasteiger charge is 2.15. The molecule has 0 spiro atoms. The minimum atomic E-state index is 0.538. The Bertz CT molecular complexity index is 127.